The molecule has 5 heterocycles. The number of urea groups is 1. The van der Waals surface area contributed by atoms with E-state index in [9.17, 15) is 14.4 Å². The topological polar surface area (TPSA) is 138 Å². The van der Waals surface area contributed by atoms with Crippen LogP contribution in [0.15, 0.2) is 66.0 Å². The lowest BCUT2D eigenvalue weighted by atomic mass is 9.86. The number of nitrogens with zero attached hydrogens (tertiary/aromatic N) is 3. The van der Waals surface area contributed by atoms with Crippen molar-refractivity contribution in [1.29, 1.82) is 0 Å². The number of anilines is 1. The van der Waals surface area contributed by atoms with E-state index in [0.717, 1.165) is 25.7 Å². The number of carbonyl (C=O) groups is 3. The van der Waals surface area contributed by atoms with Crippen molar-refractivity contribution in [2.75, 3.05) is 11.4 Å². The van der Waals surface area contributed by atoms with Gasteiger partial charge in [0.1, 0.15) is 11.6 Å². The first-order valence-electron chi connectivity index (χ1n) is 13.0. The zero-order valence-corrected chi connectivity index (χ0v) is 21.9. The minimum atomic E-state index is -0.317. The molecule has 5 atom stereocenters. The van der Waals surface area contributed by atoms with Crippen molar-refractivity contribution in [1.82, 2.24) is 31.2 Å². The number of nitrogens with one attached hydrogen (secondary N) is 4. The molecule has 1 saturated carbocycles. The van der Waals surface area contributed by atoms with Crippen LogP contribution in [-0.4, -0.2) is 57.9 Å². The van der Waals surface area contributed by atoms with Gasteiger partial charge in [-0.1, -0.05) is 24.4 Å². The maximum atomic E-state index is 13.4. The highest BCUT2D eigenvalue weighted by atomic mass is 32.2. The minimum absolute atomic E-state index is 0.0470. The van der Waals surface area contributed by atoms with Gasteiger partial charge in [-0.25, -0.2) is 14.8 Å². The summed E-state index contributed by atoms with van der Waals surface area (Å²) < 4.78 is 5.74. The largest absolute Gasteiger partial charge is 0.437 e. The summed E-state index contributed by atoms with van der Waals surface area (Å²) in [7, 11) is 0. The van der Waals surface area contributed by atoms with E-state index < -0.39 is 0 Å². The first kappa shape index (κ1) is 25.4. The van der Waals surface area contributed by atoms with E-state index in [1.165, 1.54) is 17.8 Å². The molecular formula is C27H29N7O4S. The number of piperidine rings is 1. The van der Waals surface area contributed by atoms with Gasteiger partial charge in [0.2, 0.25) is 11.8 Å². The summed E-state index contributed by atoms with van der Waals surface area (Å²) in [4.78, 5) is 49.6. The van der Waals surface area contributed by atoms with Crippen LogP contribution in [0.25, 0.3) is 0 Å². The number of ether oxygens (including phenoxy) is 1. The van der Waals surface area contributed by atoms with Gasteiger partial charge in [0.25, 0.3) is 5.91 Å². The van der Waals surface area contributed by atoms with E-state index in [4.69, 9.17) is 4.74 Å². The second-order valence-electron chi connectivity index (χ2n) is 9.87. The Morgan fingerprint density at radius 2 is 1.97 bits per heavy atom. The highest BCUT2D eigenvalue weighted by Gasteiger charge is 2.52. The summed E-state index contributed by atoms with van der Waals surface area (Å²) in [6.45, 7) is 4.22. The number of rotatable bonds is 7. The number of hydrogen-bond acceptors (Lipinski definition) is 8. The molecule has 0 radical (unpaired) electrons. The van der Waals surface area contributed by atoms with Gasteiger partial charge in [-0.15, -0.1) is 0 Å². The molecule has 2 aromatic rings. The van der Waals surface area contributed by atoms with Crippen LogP contribution in [0, 0.1) is 5.92 Å². The smallest absolute Gasteiger partial charge is 0.327 e. The SMILES string of the molecule is C=CC(=O)N[C@H]1CCC[C@H]1NC(=O)C1=C2NC(=O)N(c3ccc(Oc4ccccn4)cn3)C3CCNC(S1)C23. The lowest BCUT2D eigenvalue weighted by Crippen LogP contribution is -2.62. The van der Waals surface area contributed by atoms with Crippen molar-refractivity contribution < 1.29 is 19.1 Å². The number of aromatic nitrogens is 2. The Morgan fingerprint density at radius 1 is 1.13 bits per heavy atom. The van der Waals surface area contributed by atoms with Gasteiger partial charge >= 0.3 is 6.03 Å². The zero-order chi connectivity index (χ0) is 26.9. The maximum Gasteiger partial charge on any atom is 0.327 e. The van der Waals surface area contributed by atoms with E-state index in [1.807, 2.05) is 12.1 Å². The van der Waals surface area contributed by atoms with Gasteiger partial charge in [-0.3, -0.25) is 14.5 Å². The molecule has 4 aliphatic rings. The Hall–Kier alpha value is -3.90. The molecule has 4 N–H and O–H groups in total. The molecule has 3 unspecified atom stereocenters. The monoisotopic (exact) mass is 547 g/mol. The standard InChI is InChI=1S/C27H29N7O4S/c1-2-20(35)31-16-6-5-7-17(16)32-25(36)24-23-22-18(11-13-29-26(22)39-24)34(27(37)33-23)19-10-9-15(14-30-19)38-21-8-3-4-12-28-21/h2-4,8-10,12,14,16-18,22,26,29H,1,5-7,11,13H2,(H,31,35)(H,32,36)(H,33,37)/t16-,17+,18?,22?,26?/m0/s1. The molecule has 2 saturated heterocycles. The van der Waals surface area contributed by atoms with Crippen molar-refractivity contribution in [3.8, 4) is 11.6 Å². The summed E-state index contributed by atoms with van der Waals surface area (Å²) in [5, 5.41) is 12.5. The molecule has 4 amide bonds. The van der Waals surface area contributed by atoms with Gasteiger partial charge in [-0.05, 0) is 56.5 Å². The predicted molar refractivity (Wildman–Crippen MR) is 146 cm³/mol. The van der Waals surface area contributed by atoms with Gasteiger partial charge in [0.05, 0.1) is 22.5 Å². The number of thioether (sulfide) groups is 1. The van der Waals surface area contributed by atoms with Gasteiger partial charge in [-0.2, -0.15) is 0 Å². The van der Waals surface area contributed by atoms with E-state index in [2.05, 4.69) is 37.8 Å². The van der Waals surface area contributed by atoms with Crippen LogP contribution in [0.2, 0.25) is 0 Å². The molecule has 11 nitrogen and oxygen atoms in total. The van der Waals surface area contributed by atoms with Crippen molar-refractivity contribution >= 4 is 35.4 Å². The van der Waals surface area contributed by atoms with E-state index >= 15 is 0 Å². The first-order valence-corrected chi connectivity index (χ1v) is 13.9. The lowest BCUT2D eigenvalue weighted by Gasteiger charge is -2.45. The quantitative estimate of drug-likeness (QED) is 0.388. The molecule has 39 heavy (non-hydrogen) atoms. The number of pyridine rings is 2. The fourth-order valence-electron chi connectivity index (χ4n) is 5.77. The fourth-order valence-corrected chi connectivity index (χ4v) is 7.17. The van der Waals surface area contributed by atoms with E-state index in [-0.39, 0.29) is 47.3 Å². The molecule has 2 aromatic heterocycles. The van der Waals surface area contributed by atoms with Crippen molar-refractivity contribution in [2.24, 2.45) is 5.92 Å². The Labute approximate surface area is 229 Å². The molecule has 6 rings (SSSR count). The highest BCUT2D eigenvalue weighted by Crippen LogP contribution is 2.47. The number of carbonyl (C=O) groups excluding carboxylic acids is 3. The van der Waals surface area contributed by atoms with Crippen molar-refractivity contribution in [3.63, 3.8) is 0 Å². The predicted octanol–water partition coefficient (Wildman–Crippen LogP) is 2.40. The summed E-state index contributed by atoms with van der Waals surface area (Å²) in [6.07, 6.45) is 7.67. The molecule has 0 aromatic carbocycles. The van der Waals surface area contributed by atoms with Crippen molar-refractivity contribution in [2.45, 2.75) is 49.2 Å². The Balaban J connectivity index is 1.20. The van der Waals surface area contributed by atoms with Crippen LogP contribution in [0.5, 0.6) is 11.6 Å². The number of amides is 4. The average molecular weight is 548 g/mol. The van der Waals surface area contributed by atoms with Crippen LogP contribution < -0.4 is 30.9 Å². The van der Waals surface area contributed by atoms with E-state index in [1.54, 1.807) is 35.5 Å². The molecule has 3 fully saturated rings. The summed E-state index contributed by atoms with van der Waals surface area (Å²) in [5.41, 5.74) is 0.653. The van der Waals surface area contributed by atoms with Crippen molar-refractivity contribution in [3.05, 3.63) is 66.0 Å². The normalized spacial score (nSPS) is 27.4. The second kappa shape index (κ2) is 10.7. The Kier molecular flexibility index (Phi) is 6.96. The molecule has 202 valence electrons. The third-order valence-electron chi connectivity index (χ3n) is 7.52. The molecular weight excluding hydrogens is 518 g/mol. The van der Waals surface area contributed by atoms with Gasteiger partial charge in [0.15, 0.2) is 0 Å². The van der Waals surface area contributed by atoms with Crippen LogP contribution in [0.1, 0.15) is 25.7 Å². The third-order valence-corrected chi connectivity index (χ3v) is 8.88. The Morgan fingerprint density at radius 3 is 2.72 bits per heavy atom. The van der Waals surface area contributed by atoms with Gasteiger partial charge < -0.3 is 26.0 Å². The second-order valence-corrected chi connectivity index (χ2v) is 11.0. The summed E-state index contributed by atoms with van der Waals surface area (Å²) >= 11 is 1.45. The van der Waals surface area contributed by atoms with Crippen LogP contribution in [-0.2, 0) is 9.59 Å². The van der Waals surface area contributed by atoms with E-state index in [0.29, 0.717) is 34.6 Å². The molecule has 12 heteroatoms. The third kappa shape index (κ3) is 4.97. The van der Waals surface area contributed by atoms with Crippen LogP contribution in [0.3, 0.4) is 0 Å². The van der Waals surface area contributed by atoms with Gasteiger partial charge in [0, 0.05) is 36.0 Å². The lowest BCUT2D eigenvalue weighted by molar-refractivity contribution is -0.119. The van der Waals surface area contributed by atoms with Crippen LogP contribution >= 0.6 is 11.8 Å². The fraction of sp³-hybridized carbons (Fsp3) is 0.370. The van der Waals surface area contributed by atoms with Crippen LogP contribution in [0.4, 0.5) is 10.6 Å². The average Bonchev–Trinajstić information content (AvgIpc) is 3.54. The molecule has 1 aliphatic carbocycles. The summed E-state index contributed by atoms with van der Waals surface area (Å²) in [5.74, 6) is 0.926. The molecule has 0 spiro atoms. The maximum absolute atomic E-state index is 13.4. The Bertz CT molecular complexity index is 1320. The highest BCUT2D eigenvalue weighted by molar-refractivity contribution is 8.04. The first-order chi connectivity index (χ1) is 19.0. The minimum Gasteiger partial charge on any atom is -0.437 e. The molecule has 3 aliphatic heterocycles. The number of hydrogen-bond donors (Lipinski definition) is 4. The summed E-state index contributed by atoms with van der Waals surface area (Å²) in [6, 6.07) is 8.14. The molecule has 0 bridgehead atoms. The zero-order valence-electron chi connectivity index (χ0n) is 21.1.